The first-order chi connectivity index (χ1) is 9.42. The molecule has 3 heterocycles. The highest BCUT2D eigenvalue weighted by molar-refractivity contribution is 5.38. The molecule has 0 bridgehead atoms. The van der Waals surface area contributed by atoms with E-state index in [2.05, 4.69) is 20.2 Å². The van der Waals surface area contributed by atoms with E-state index < -0.39 is 0 Å². The zero-order valence-corrected chi connectivity index (χ0v) is 11.0. The van der Waals surface area contributed by atoms with Gasteiger partial charge in [-0.05, 0) is 0 Å². The molecule has 6 heteroatoms. The van der Waals surface area contributed by atoms with Crippen molar-refractivity contribution in [2.24, 2.45) is 0 Å². The zero-order chi connectivity index (χ0) is 12.9. The minimum atomic E-state index is 0.210. The molecule has 1 aromatic heterocycles. The Bertz CT molecular complexity index is 403. The molecule has 104 valence electrons. The van der Waals surface area contributed by atoms with E-state index in [1.54, 1.807) is 6.20 Å². The normalized spacial score (nSPS) is 21.4. The molecule has 0 radical (unpaired) electrons. The first-order valence-electron chi connectivity index (χ1n) is 6.94. The van der Waals surface area contributed by atoms with Crippen LogP contribution in [-0.2, 0) is 4.74 Å². The summed E-state index contributed by atoms with van der Waals surface area (Å²) >= 11 is 0. The lowest BCUT2D eigenvalue weighted by Gasteiger charge is -2.28. The van der Waals surface area contributed by atoms with E-state index in [1.165, 1.54) is 0 Å². The lowest BCUT2D eigenvalue weighted by molar-refractivity contribution is 0.0236. The molecular weight excluding hydrogens is 244 g/mol. The summed E-state index contributed by atoms with van der Waals surface area (Å²) in [5, 5.41) is 3.33. The molecule has 1 aromatic rings. The van der Waals surface area contributed by atoms with Crippen molar-refractivity contribution in [3.05, 3.63) is 12.4 Å². The molecule has 0 amide bonds. The number of piperazine rings is 1. The molecule has 2 saturated heterocycles. The Morgan fingerprint density at radius 3 is 2.79 bits per heavy atom. The molecule has 0 atom stereocenters. The molecule has 2 fully saturated rings. The summed E-state index contributed by atoms with van der Waals surface area (Å²) in [5.74, 6) is 1.54. The van der Waals surface area contributed by atoms with Crippen molar-refractivity contribution in [1.29, 1.82) is 0 Å². The third kappa shape index (κ3) is 3.33. The maximum atomic E-state index is 5.89. The number of hydrogen-bond acceptors (Lipinski definition) is 6. The van der Waals surface area contributed by atoms with E-state index >= 15 is 0 Å². The van der Waals surface area contributed by atoms with Crippen molar-refractivity contribution >= 4 is 5.82 Å². The van der Waals surface area contributed by atoms with Crippen molar-refractivity contribution in [3.63, 3.8) is 0 Å². The van der Waals surface area contributed by atoms with E-state index in [-0.39, 0.29) is 6.10 Å². The largest absolute Gasteiger partial charge is 0.473 e. The Morgan fingerprint density at radius 2 is 2.00 bits per heavy atom. The third-order valence-electron chi connectivity index (χ3n) is 3.50. The summed E-state index contributed by atoms with van der Waals surface area (Å²) in [5.41, 5.74) is 0. The lowest BCUT2D eigenvalue weighted by Crippen LogP contribution is -2.44. The van der Waals surface area contributed by atoms with Crippen LogP contribution in [-0.4, -0.2) is 55.5 Å². The zero-order valence-electron chi connectivity index (χ0n) is 11.0. The molecule has 2 aliphatic heterocycles. The number of rotatable bonds is 3. The number of hydrogen-bond donors (Lipinski definition) is 1. The summed E-state index contributed by atoms with van der Waals surface area (Å²) in [6, 6.07) is 0. The maximum Gasteiger partial charge on any atom is 0.234 e. The molecule has 1 N–H and O–H groups in total. The monoisotopic (exact) mass is 264 g/mol. The van der Waals surface area contributed by atoms with Crippen LogP contribution in [0.2, 0.25) is 0 Å². The first-order valence-corrected chi connectivity index (χ1v) is 6.94. The molecule has 19 heavy (non-hydrogen) atoms. The fourth-order valence-corrected chi connectivity index (χ4v) is 2.41. The summed E-state index contributed by atoms with van der Waals surface area (Å²) < 4.78 is 11.2. The second kappa shape index (κ2) is 6.16. The average Bonchev–Trinajstić information content (AvgIpc) is 2.49. The van der Waals surface area contributed by atoms with E-state index in [9.17, 15) is 0 Å². The summed E-state index contributed by atoms with van der Waals surface area (Å²) in [4.78, 5) is 11.0. The van der Waals surface area contributed by atoms with Gasteiger partial charge in [-0.15, -0.1) is 0 Å². The van der Waals surface area contributed by atoms with Gasteiger partial charge in [0.1, 0.15) is 6.10 Å². The van der Waals surface area contributed by atoms with Gasteiger partial charge in [-0.3, -0.25) is 4.98 Å². The molecule has 0 spiro atoms. The van der Waals surface area contributed by atoms with E-state index in [4.69, 9.17) is 9.47 Å². The second-order valence-corrected chi connectivity index (χ2v) is 4.88. The number of aromatic nitrogens is 2. The van der Waals surface area contributed by atoms with Gasteiger partial charge >= 0.3 is 0 Å². The van der Waals surface area contributed by atoms with Crippen LogP contribution in [0.25, 0.3) is 0 Å². The van der Waals surface area contributed by atoms with E-state index in [0.29, 0.717) is 5.88 Å². The van der Waals surface area contributed by atoms with Gasteiger partial charge in [0, 0.05) is 39.0 Å². The molecule has 0 saturated carbocycles. The van der Waals surface area contributed by atoms with Gasteiger partial charge in [0.25, 0.3) is 0 Å². The summed E-state index contributed by atoms with van der Waals surface area (Å²) in [6.45, 7) is 5.47. The Kier molecular flexibility index (Phi) is 4.10. The third-order valence-corrected chi connectivity index (χ3v) is 3.50. The van der Waals surface area contributed by atoms with Crippen molar-refractivity contribution < 1.29 is 9.47 Å². The lowest BCUT2D eigenvalue weighted by atomic mass is 10.2. The van der Waals surface area contributed by atoms with E-state index in [0.717, 1.165) is 58.1 Å². The van der Waals surface area contributed by atoms with Crippen molar-refractivity contribution in [1.82, 2.24) is 15.3 Å². The van der Waals surface area contributed by atoms with Crippen molar-refractivity contribution in [2.45, 2.75) is 18.9 Å². The SMILES string of the molecule is c1ncc(N2CCNCC2)nc1OC1CCOCC1. The van der Waals surface area contributed by atoms with Gasteiger partial charge in [0.15, 0.2) is 5.82 Å². The van der Waals surface area contributed by atoms with Gasteiger partial charge in [0.05, 0.1) is 25.6 Å². The van der Waals surface area contributed by atoms with Crippen molar-refractivity contribution in [3.8, 4) is 5.88 Å². The number of anilines is 1. The fourth-order valence-electron chi connectivity index (χ4n) is 2.41. The Labute approximate surface area is 113 Å². The molecule has 0 aliphatic carbocycles. The number of nitrogens with one attached hydrogen (secondary N) is 1. The first kappa shape index (κ1) is 12.6. The van der Waals surface area contributed by atoms with Crippen LogP contribution in [0.3, 0.4) is 0 Å². The topological polar surface area (TPSA) is 59.5 Å². The van der Waals surface area contributed by atoms with Gasteiger partial charge in [-0.1, -0.05) is 0 Å². The van der Waals surface area contributed by atoms with Gasteiger partial charge in [-0.25, -0.2) is 0 Å². The highest BCUT2D eigenvalue weighted by Crippen LogP contribution is 2.18. The predicted molar refractivity (Wildman–Crippen MR) is 71.6 cm³/mol. The van der Waals surface area contributed by atoms with Crippen molar-refractivity contribution in [2.75, 3.05) is 44.3 Å². The highest BCUT2D eigenvalue weighted by atomic mass is 16.5. The Morgan fingerprint density at radius 1 is 1.21 bits per heavy atom. The standard InChI is InChI=1S/C13H20N4O2/c1-7-18-8-2-11(1)19-13-10-15-9-12(16-13)17-5-3-14-4-6-17/h9-11,14H,1-8H2. The van der Waals surface area contributed by atoms with Crippen LogP contribution >= 0.6 is 0 Å². The minimum Gasteiger partial charge on any atom is -0.473 e. The van der Waals surface area contributed by atoms with E-state index in [1.807, 2.05) is 6.20 Å². The van der Waals surface area contributed by atoms with Gasteiger partial charge in [-0.2, -0.15) is 4.98 Å². The fraction of sp³-hybridized carbons (Fsp3) is 0.692. The molecule has 0 unspecified atom stereocenters. The molecule has 3 rings (SSSR count). The maximum absolute atomic E-state index is 5.89. The minimum absolute atomic E-state index is 0.210. The second-order valence-electron chi connectivity index (χ2n) is 4.88. The summed E-state index contributed by atoms with van der Waals surface area (Å²) in [7, 11) is 0. The smallest absolute Gasteiger partial charge is 0.234 e. The Hall–Kier alpha value is -1.40. The van der Waals surface area contributed by atoms with Crippen LogP contribution in [0.4, 0.5) is 5.82 Å². The summed E-state index contributed by atoms with van der Waals surface area (Å²) in [6.07, 6.45) is 5.57. The number of nitrogens with zero attached hydrogens (tertiary/aromatic N) is 3. The van der Waals surface area contributed by atoms with Crippen LogP contribution < -0.4 is 15.0 Å². The molecule has 6 nitrogen and oxygen atoms in total. The van der Waals surface area contributed by atoms with Crippen LogP contribution in [0.1, 0.15) is 12.8 Å². The Balaban J connectivity index is 1.64. The molecule has 0 aromatic carbocycles. The van der Waals surface area contributed by atoms with Crippen LogP contribution in [0.5, 0.6) is 5.88 Å². The van der Waals surface area contributed by atoms with Crippen LogP contribution in [0.15, 0.2) is 12.4 Å². The quantitative estimate of drug-likeness (QED) is 0.855. The predicted octanol–water partition coefficient (Wildman–Crippen LogP) is 0.444. The number of ether oxygens (including phenoxy) is 2. The van der Waals surface area contributed by atoms with Gasteiger partial charge < -0.3 is 19.7 Å². The average molecular weight is 264 g/mol. The highest BCUT2D eigenvalue weighted by Gasteiger charge is 2.17. The van der Waals surface area contributed by atoms with Gasteiger partial charge in [0.2, 0.25) is 5.88 Å². The molecule has 2 aliphatic rings. The molecular formula is C13H20N4O2. The van der Waals surface area contributed by atoms with Crippen LogP contribution in [0, 0.1) is 0 Å².